The van der Waals surface area contributed by atoms with E-state index in [-0.39, 0.29) is 24.0 Å². The van der Waals surface area contributed by atoms with Gasteiger partial charge in [0.1, 0.15) is 5.69 Å². The lowest BCUT2D eigenvalue weighted by molar-refractivity contribution is 0.467. The van der Waals surface area contributed by atoms with E-state index in [0.29, 0.717) is 0 Å². The van der Waals surface area contributed by atoms with Crippen LogP contribution in [0.3, 0.4) is 0 Å². The molecule has 142 valence electrons. The standard InChI is InChI=1S/C21H19N5O.ClH/c27-19-10-9-17(23-26(19)16-11-12-22-14-16)20-18-8-4-5-13-25(18)24-21(20)15-6-2-1-3-7-15;/h1-10,13,16,22H,11-12,14H2;1H/t16-;/m0./s1. The van der Waals surface area contributed by atoms with Crippen molar-refractivity contribution in [3.63, 3.8) is 0 Å². The molecular formula is C21H20ClN5O. The Morgan fingerprint density at radius 2 is 1.79 bits per heavy atom. The lowest BCUT2D eigenvalue weighted by atomic mass is 10.0. The van der Waals surface area contributed by atoms with Crippen LogP contribution in [-0.4, -0.2) is 32.5 Å². The molecule has 0 aliphatic carbocycles. The number of pyridine rings is 1. The van der Waals surface area contributed by atoms with E-state index in [4.69, 9.17) is 10.2 Å². The van der Waals surface area contributed by atoms with Gasteiger partial charge in [-0.1, -0.05) is 36.4 Å². The molecule has 1 N–H and O–H groups in total. The Labute approximate surface area is 168 Å². The Bertz CT molecular complexity index is 1160. The molecule has 0 radical (unpaired) electrons. The predicted molar refractivity (Wildman–Crippen MR) is 112 cm³/mol. The van der Waals surface area contributed by atoms with Gasteiger partial charge in [-0.2, -0.15) is 10.2 Å². The van der Waals surface area contributed by atoms with Gasteiger partial charge in [-0.3, -0.25) is 4.79 Å². The molecule has 0 spiro atoms. The molecule has 4 aromatic rings. The van der Waals surface area contributed by atoms with Gasteiger partial charge in [0.05, 0.1) is 22.8 Å². The first-order chi connectivity index (χ1) is 13.3. The van der Waals surface area contributed by atoms with E-state index in [1.54, 1.807) is 16.8 Å². The van der Waals surface area contributed by atoms with Gasteiger partial charge in [0, 0.05) is 24.4 Å². The van der Waals surface area contributed by atoms with Gasteiger partial charge < -0.3 is 5.32 Å². The summed E-state index contributed by atoms with van der Waals surface area (Å²) in [6.07, 6.45) is 2.85. The van der Waals surface area contributed by atoms with Crippen LogP contribution in [0.15, 0.2) is 71.7 Å². The Morgan fingerprint density at radius 3 is 2.57 bits per heavy atom. The zero-order valence-corrected chi connectivity index (χ0v) is 16.0. The molecule has 1 aliphatic rings. The summed E-state index contributed by atoms with van der Waals surface area (Å²) in [5, 5.41) is 12.8. The van der Waals surface area contributed by atoms with E-state index in [2.05, 4.69) is 5.32 Å². The Kier molecular flexibility index (Phi) is 4.98. The number of rotatable bonds is 3. The Balaban J connectivity index is 0.00000192. The molecular weight excluding hydrogens is 374 g/mol. The summed E-state index contributed by atoms with van der Waals surface area (Å²) >= 11 is 0. The second kappa shape index (κ2) is 7.58. The minimum Gasteiger partial charge on any atom is -0.315 e. The number of aromatic nitrogens is 4. The summed E-state index contributed by atoms with van der Waals surface area (Å²) in [7, 11) is 0. The van der Waals surface area contributed by atoms with Crippen LogP contribution in [0, 0.1) is 0 Å². The van der Waals surface area contributed by atoms with E-state index in [0.717, 1.165) is 47.5 Å². The van der Waals surface area contributed by atoms with Crippen molar-refractivity contribution in [2.75, 3.05) is 13.1 Å². The monoisotopic (exact) mass is 393 g/mol. The molecule has 28 heavy (non-hydrogen) atoms. The first-order valence-electron chi connectivity index (χ1n) is 9.15. The van der Waals surface area contributed by atoms with Crippen LogP contribution < -0.4 is 10.9 Å². The number of halogens is 1. The molecule has 4 heterocycles. The zero-order chi connectivity index (χ0) is 18.2. The number of fused-ring (bicyclic) bond motifs is 1. The van der Waals surface area contributed by atoms with Gasteiger partial charge in [0.15, 0.2) is 0 Å². The van der Waals surface area contributed by atoms with Crippen molar-refractivity contribution in [2.45, 2.75) is 12.5 Å². The van der Waals surface area contributed by atoms with Crippen molar-refractivity contribution in [1.82, 2.24) is 24.7 Å². The highest BCUT2D eigenvalue weighted by Crippen LogP contribution is 2.33. The fraction of sp³-hybridized carbons (Fsp3) is 0.190. The first kappa shape index (κ1) is 18.4. The summed E-state index contributed by atoms with van der Waals surface area (Å²) in [4.78, 5) is 12.4. The molecule has 0 bridgehead atoms. The van der Waals surface area contributed by atoms with Gasteiger partial charge in [0.25, 0.3) is 5.56 Å². The van der Waals surface area contributed by atoms with Crippen LogP contribution in [0.5, 0.6) is 0 Å². The molecule has 0 amide bonds. The Hall–Kier alpha value is -2.96. The van der Waals surface area contributed by atoms with E-state index in [9.17, 15) is 4.79 Å². The first-order valence-corrected chi connectivity index (χ1v) is 9.15. The third-order valence-electron chi connectivity index (χ3n) is 5.05. The minimum absolute atomic E-state index is 0. The number of hydrogen-bond donors (Lipinski definition) is 1. The van der Waals surface area contributed by atoms with E-state index in [1.165, 1.54) is 0 Å². The summed E-state index contributed by atoms with van der Waals surface area (Å²) in [5.74, 6) is 0. The lowest BCUT2D eigenvalue weighted by Gasteiger charge is -2.13. The third-order valence-corrected chi connectivity index (χ3v) is 5.05. The van der Waals surface area contributed by atoms with Crippen molar-refractivity contribution in [3.05, 3.63) is 77.2 Å². The number of nitrogens with one attached hydrogen (secondary N) is 1. The average Bonchev–Trinajstić information content (AvgIpc) is 3.37. The molecule has 6 nitrogen and oxygen atoms in total. The van der Waals surface area contributed by atoms with Gasteiger partial charge in [0.2, 0.25) is 0 Å². The van der Waals surface area contributed by atoms with Crippen LogP contribution in [0.25, 0.3) is 28.0 Å². The van der Waals surface area contributed by atoms with E-state index in [1.807, 2.05) is 59.2 Å². The average molecular weight is 394 g/mol. The molecule has 1 saturated heterocycles. The maximum absolute atomic E-state index is 12.4. The fourth-order valence-corrected chi connectivity index (χ4v) is 3.72. The molecule has 0 saturated carbocycles. The SMILES string of the molecule is Cl.O=c1ccc(-c2c(-c3ccccc3)nn3ccccc23)nn1[C@H]1CCNC1. The highest BCUT2D eigenvalue weighted by molar-refractivity contribution is 5.90. The minimum atomic E-state index is -0.0646. The van der Waals surface area contributed by atoms with Crippen LogP contribution in [0.2, 0.25) is 0 Å². The topological polar surface area (TPSA) is 64.2 Å². The summed E-state index contributed by atoms with van der Waals surface area (Å²) in [6, 6.07) is 19.6. The number of nitrogens with zero attached hydrogens (tertiary/aromatic N) is 4. The third kappa shape index (κ3) is 3.10. The largest absolute Gasteiger partial charge is 0.315 e. The smallest absolute Gasteiger partial charge is 0.267 e. The molecule has 1 aliphatic heterocycles. The summed E-state index contributed by atoms with van der Waals surface area (Å²) in [5.41, 5.74) is 4.51. The molecule has 5 rings (SSSR count). The van der Waals surface area contributed by atoms with Crippen molar-refractivity contribution in [1.29, 1.82) is 0 Å². The van der Waals surface area contributed by atoms with Gasteiger partial charge in [-0.25, -0.2) is 9.20 Å². The second-order valence-electron chi connectivity index (χ2n) is 6.77. The molecule has 0 unspecified atom stereocenters. The highest BCUT2D eigenvalue weighted by Gasteiger charge is 2.22. The molecule has 1 aromatic carbocycles. The van der Waals surface area contributed by atoms with Crippen molar-refractivity contribution < 1.29 is 0 Å². The van der Waals surface area contributed by atoms with Crippen LogP contribution in [-0.2, 0) is 0 Å². The summed E-state index contributed by atoms with van der Waals surface area (Å²) < 4.78 is 3.49. The van der Waals surface area contributed by atoms with Crippen molar-refractivity contribution >= 4 is 17.9 Å². The van der Waals surface area contributed by atoms with Crippen LogP contribution >= 0.6 is 12.4 Å². The quantitative estimate of drug-likeness (QED) is 0.580. The lowest BCUT2D eigenvalue weighted by Crippen LogP contribution is -2.28. The van der Waals surface area contributed by atoms with Gasteiger partial charge in [-0.15, -0.1) is 12.4 Å². The number of hydrogen-bond acceptors (Lipinski definition) is 4. The molecule has 1 atom stereocenters. The van der Waals surface area contributed by atoms with Gasteiger partial charge >= 0.3 is 0 Å². The van der Waals surface area contributed by atoms with E-state index < -0.39 is 0 Å². The second-order valence-corrected chi connectivity index (χ2v) is 6.77. The predicted octanol–water partition coefficient (Wildman–Crippen LogP) is 3.18. The summed E-state index contributed by atoms with van der Waals surface area (Å²) in [6.45, 7) is 1.69. The van der Waals surface area contributed by atoms with Crippen molar-refractivity contribution in [3.8, 4) is 22.5 Å². The maximum atomic E-state index is 12.4. The van der Waals surface area contributed by atoms with Crippen LogP contribution in [0.1, 0.15) is 12.5 Å². The van der Waals surface area contributed by atoms with E-state index >= 15 is 0 Å². The maximum Gasteiger partial charge on any atom is 0.267 e. The van der Waals surface area contributed by atoms with Crippen LogP contribution in [0.4, 0.5) is 0 Å². The zero-order valence-electron chi connectivity index (χ0n) is 15.2. The molecule has 3 aromatic heterocycles. The Morgan fingerprint density at radius 1 is 0.964 bits per heavy atom. The fourth-order valence-electron chi connectivity index (χ4n) is 3.72. The van der Waals surface area contributed by atoms with Crippen molar-refractivity contribution in [2.24, 2.45) is 0 Å². The molecule has 7 heteroatoms. The molecule has 1 fully saturated rings. The normalized spacial score (nSPS) is 16.2. The number of benzene rings is 1. The van der Waals surface area contributed by atoms with Gasteiger partial charge in [-0.05, 0) is 31.2 Å². The highest BCUT2D eigenvalue weighted by atomic mass is 35.5.